The van der Waals surface area contributed by atoms with E-state index in [1.54, 1.807) is 0 Å². The highest BCUT2D eigenvalue weighted by Gasteiger charge is 2.17. The van der Waals surface area contributed by atoms with Crippen LogP contribution in [0.1, 0.15) is 31.0 Å². The predicted octanol–water partition coefficient (Wildman–Crippen LogP) is 2.54. The summed E-state index contributed by atoms with van der Waals surface area (Å²) in [5.41, 5.74) is 2.76. The zero-order valence-corrected chi connectivity index (χ0v) is 8.89. The molecule has 2 rings (SSSR count). The fraction of sp³-hybridized carbons (Fsp3) is 0.667. The summed E-state index contributed by atoms with van der Waals surface area (Å²) in [5, 5.41) is 4.54. The maximum absolute atomic E-state index is 4.54. The lowest BCUT2D eigenvalue weighted by atomic mass is 9.99. The van der Waals surface area contributed by atoms with Crippen molar-refractivity contribution in [3.8, 4) is 0 Å². The van der Waals surface area contributed by atoms with Crippen LogP contribution in [-0.4, -0.2) is 9.78 Å². The second-order valence-corrected chi connectivity index (χ2v) is 3.99. The largest absolute Gasteiger partial charge is 0.258 e. The van der Waals surface area contributed by atoms with Crippen molar-refractivity contribution >= 4 is 15.9 Å². The van der Waals surface area contributed by atoms with Gasteiger partial charge in [-0.3, -0.25) is 4.68 Å². The van der Waals surface area contributed by atoms with E-state index in [4.69, 9.17) is 0 Å². The van der Waals surface area contributed by atoms with Crippen LogP contribution in [0, 0.1) is 0 Å². The SMILES string of the molecule is CCn1nc2c(c1Br)CCCC2. The molecule has 3 heteroatoms. The summed E-state index contributed by atoms with van der Waals surface area (Å²) >= 11 is 3.60. The van der Waals surface area contributed by atoms with Crippen LogP contribution in [0.15, 0.2) is 4.60 Å². The zero-order valence-electron chi connectivity index (χ0n) is 7.31. The third-order valence-electron chi connectivity index (χ3n) is 2.46. The van der Waals surface area contributed by atoms with Crippen LogP contribution in [0.3, 0.4) is 0 Å². The number of halogens is 1. The second kappa shape index (κ2) is 3.21. The standard InChI is InChI=1S/C9H13BrN2/c1-2-12-9(10)7-5-3-4-6-8(7)11-12/h2-6H2,1H3. The van der Waals surface area contributed by atoms with E-state index in [0.717, 1.165) is 6.54 Å². The molecular formula is C9H13BrN2. The lowest BCUT2D eigenvalue weighted by molar-refractivity contribution is 0.625. The average molecular weight is 229 g/mol. The first kappa shape index (κ1) is 8.30. The summed E-state index contributed by atoms with van der Waals surface area (Å²) in [6.45, 7) is 3.09. The van der Waals surface area contributed by atoms with Crippen molar-refractivity contribution in [2.45, 2.75) is 39.2 Å². The van der Waals surface area contributed by atoms with Gasteiger partial charge in [-0.15, -0.1) is 0 Å². The van der Waals surface area contributed by atoms with Gasteiger partial charge in [-0.1, -0.05) is 0 Å². The molecule has 0 saturated heterocycles. The molecule has 2 nitrogen and oxygen atoms in total. The van der Waals surface area contributed by atoms with Crippen molar-refractivity contribution in [1.82, 2.24) is 9.78 Å². The van der Waals surface area contributed by atoms with Crippen LogP contribution < -0.4 is 0 Å². The van der Waals surface area contributed by atoms with Crippen LogP contribution in [0.5, 0.6) is 0 Å². The topological polar surface area (TPSA) is 17.8 Å². The Bertz CT molecular complexity index is 291. The summed E-state index contributed by atoms with van der Waals surface area (Å²) in [6.07, 6.45) is 5.00. The van der Waals surface area contributed by atoms with E-state index in [1.165, 1.54) is 41.5 Å². The van der Waals surface area contributed by atoms with E-state index in [-0.39, 0.29) is 0 Å². The molecule has 1 aliphatic carbocycles. The number of fused-ring (bicyclic) bond motifs is 1. The molecule has 0 amide bonds. The minimum Gasteiger partial charge on any atom is -0.258 e. The summed E-state index contributed by atoms with van der Waals surface area (Å²) in [5.74, 6) is 0. The Kier molecular flexibility index (Phi) is 2.22. The maximum Gasteiger partial charge on any atom is 0.107 e. The fourth-order valence-corrected chi connectivity index (χ4v) is 2.53. The van der Waals surface area contributed by atoms with Crippen molar-refractivity contribution in [3.63, 3.8) is 0 Å². The molecule has 66 valence electrons. The van der Waals surface area contributed by atoms with Crippen LogP contribution >= 0.6 is 15.9 Å². The average Bonchev–Trinajstić information content (AvgIpc) is 2.44. The zero-order chi connectivity index (χ0) is 8.55. The number of aromatic nitrogens is 2. The molecule has 0 atom stereocenters. The summed E-state index contributed by atoms with van der Waals surface area (Å²) in [4.78, 5) is 0. The smallest absolute Gasteiger partial charge is 0.107 e. The van der Waals surface area contributed by atoms with Gasteiger partial charge in [0.05, 0.1) is 5.69 Å². The first-order chi connectivity index (χ1) is 5.83. The third kappa shape index (κ3) is 1.20. The lowest BCUT2D eigenvalue weighted by Crippen LogP contribution is -2.00. The molecule has 1 aliphatic rings. The molecule has 0 aliphatic heterocycles. The molecule has 1 heterocycles. The van der Waals surface area contributed by atoms with Gasteiger partial charge in [0.2, 0.25) is 0 Å². The molecule has 0 spiro atoms. The van der Waals surface area contributed by atoms with E-state index >= 15 is 0 Å². The van der Waals surface area contributed by atoms with Crippen molar-refractivity contribution in [3.05, 3.63) is 15.9 Å². The van der Waals surface area contributed by atoms with E-state index in [9.17, 15) is 0 Å². The molecule has 0 aromatic carbocycles. The summed E-state index contributed by atoms with van der Waals surface area (Å²) in [6, 6.07) is 0. The number of hydrogen-bond donors (Lipinski definition) is 0. The van der Waals surface area contributed by atoms with Crippen molar-refractivity contribution in [1.29, 1.82) is 0 Å². The molecule has 0 saturated carbocycles. The Morgan fingerprint density at radius 3 is 2.83 bits per heavy atom. The molecule has 0 bridgehead atoms. The molecule has 0 radical (unpaired) electrons. The normalized spacial score (nSPS) is 16.2. The number of nitrogens with zero attached hydrogens (tertiary/aromatic N) is 2. The third-order valence-corrected chi connectivity index (χ3v) is 3.34. The van der Waals surface area contributed by atoms with Gasteiger partial charge in [-0.2, -0.15) is 5.10 Å². The van der Waals surface area contributed by atoms with Gasteiger partial charge >= 0.3 is 0 Å². The minimum absolute atomic E-state index is 0.966. The second-order valence-electron chi connectivity index (χ2n) is 3.24. The highest BCUT2D eigenvalue weighted by atomic mass is 79.9. The van der Waals surface area contributed by atoms with E-state index in [0.29, 0.717) is 0 Å². The Labute approximate surface area is 81.1 Å². The van der Waals surface area contributed by atoms with Gasteiger partial charge in [0.15, 0.2) is 0 Å². The highest BCUT2D eigenvalue weighted by molar-refractivity contribution is 9.10. The van der Waals surface area contributed by atoms with Crippen molar-refractivity contribution in [2.75, 3.05) is 0 Å². The van der Waals surface area contributed by atoms with Crippen molar-refractivity contribution < 1.29 is 0 Å². The molecule has 0 unspecified atom stereocenters. The lowest BCUT2D eigenvalue weighted by Gasteiger charge is -2.08. The van der Waals surface area contributed by atoms with Crippen molar-refractivity contribution in [2.24, 2.45) is 0 Å². The minimum atomic E-state index is 0.966. The Balaban J connectivity index is 2.44. The highest BCUT2D eigenvalue weighted by Crippen LogP contribution is 2.27. The predicted molar refractivity (Wildman–Crippen MR) is 52.2 cm³/mol. The van der Waals surface area contributed by atoms with Crippen LogP contribution in [0.2, 0.25) is 0 Å². The van der Waals surface area contributed by atoms with Gasteiger partial charge in [-0.05, 0) is 48.5 Å². The molecule has 12 heavy (non-hydrogen) atoms. The van der Waals surface area contributed by atoms with Crippen LogP contribution in [0.4, 0.5) is 0 Å². The Morgan fingerprint density at radius 2 is 2.17 bits per heavy atom. The van der Waals surface area contributed by atoms with Gasteiger partial charge in [0.1, 0.15) is 4.60 Å². The maximum atomic E-state index is 4.54. The van der Waals surface area contributed by atoms with Gasteiger partial charge < -0.3 is 0 Å². The Hall–Kier alpha value is -0.310. The Morgan fingerprint density at radius 1 is 1.42 bits per heavy atom. The van der Waals surface area contributed by atoms with Crippen LogP contribution in [0.25, 0.3) is 0 Å². The first-order valence-corrected chi connectivity index (χ1v) is 5.36. The molecular weight excluding hydrogens is 216 g/mol. The van der Waals surface area contributed by atoms with Gasteiger partial charge in [0.25, 0.3) is 0 Å². The van der Waals surface area contributed by atoms with E-state index in [1.807, 2.05) is 0 Å². The fourth-order valence-electron chi connectivity index (χ4n) is 1.78. The van der Waals surface area contributed by atoms with Gasteiger partial charge in [-0.25, -0.2) is 0 Å². The number of rotatable bonds is 1. The monoisotopic (exact) mass is 228 g/mol. The van der Waals surface area contributed by atoms with Crippen LogP contribution in [-0.2, 0) is 19.4 Å². The molecule has 0 fully saturated rings. The van der Waals surface area contributed by atoms with E-state index in [2.05, 4.69) is 32.6 Å². The summed E-state index contributed by atoms with van der Waals surface area (Å²) in [7, 11) is 0. The van der Waals surface area contributed by atoms with E-state index < -0.39 is 0 Å². The number of hydrogen-bond acceptors (Lipinski definition) is 1. The summed E-state index contributed by atoms with van der Waals surface area (Å²) < 4.78 is 3.26. The molecule has 0 N–H and O–H groups in total. The first-order valence-electron chi connectivity index (χ1n) is 4.57. The molecule has 1 aromatic heterocycles. The quantitative estimate of drug-likeness (QED) is 0.723. The molecule has 1 aromatic rings. The van der Waals surface area contributed by atoms with Gasteiger partial charge in [0, 0.05) is 12.1 Å². The number of aryl methyl sites for hydroxylation is 2.